The fourth-order valence-electron chi connectivity index (χ4n) is 4.90. The molecule has 0 heterocycles. The Hall–Kier alpha value is -5.13. The average molecular weight is 802 g/mol. The highest BCUT2D eigenvalue weighted by Crippen LogP contribution is 2.09. The molecule has 0 spiro atoms. The summed E-state index contributed by atoms with van der Waals surface area (Å²) in [6.07, 6.45) is -2.55. The van der Waals surface area contributed by atoms with Crippen molar-refractivity contribution in [3.63, 3.8) is 0 Å². The number of nitrogens with one attached hydrogen (secondary N) is 6. The zero-order valence-corrected chi connectivity index (χ0v) is 33.0. The molecule has 0 aromatic rings. The number of guanidine groups is 1. The summed E-state index contributed by atoms with van der Waals surface area (Å²) in [6, 6.07) is -9.53. The van der Waals surface area contributed by atoms with Crippen molar-refractivity contribution in [2.24, 2.45) is 33.7 Å². The van der Waals surface area contributed by atoms with E-state index in [-0.39, 0.29) is 38.2 Å². The van der Waals surface area contributed by atoms with Crippen LogP contribution in [-0.2, 0) is 38.4 Å². The van der Waals surface area contributed by atoms with Crippen molar-refractivity contribution in [2.75, 3.05) is 27.2 Å². The van der Waals surface area contributed by atoms with E-state index in [0.29, 0.717) is 19.4 Å². The fraction of sp³-hybridized carbons (Fsp3) is 0.727. The molecular weight excluding hydrogens is 738 g/mol. The minimum atomic E-state index is -1.64. The molecule has 0 bridgehead atoms. The Morgan fingerprint density at radius 1 is 0.589 bits per heavy atom. The number of primary amides is 2. The maximum Gasteiger partial charge on any atom is 0.245 e. The molecule has 0 unspecified atom stereocenters. The Kier molecular flexibility index (Phi) is 23.5. The number of hydrogen-bond donors (Lipinski definition) is 13. The number of carbonyl (C=O) groups is 8. The highest BCUT2D eigenvalue weighted by molar-refractivity contribution is 5.97. The Bertz CT molecular complexity index is 1370. The number of carbonyl (C=O) groups excluding carboxylic acids is 8. The van der Waals surface area contributed by atoms with Crippen LogP contribution in [0, 0.1) is 0 Å². The zero-order valence-electron chi connectivity index (χ0n) is 33.0. The smallest absolute Gasteiger partial charge is 0.245 e. The van der Waals surface area contributed by atoms with Gasteiger partial charge in [0.1, 0.15) is 36.3 Å². The molecule has 0 radical (unpaired) electrons. The van der Waals surface area contributed by atoms with Gasteiger partial charge in [0.25, 0.3) is 0 Å². The number of aliphatic hydroxyl groups excluding tert-OH is 2. The van der Waals surface area contributed by atoms with E-state index in [1.807, 2.05) is 19.0 Å². The van der Waals surface area contributed by atoms with Crippen LogP contribution in [0.25, 0.3) is 0 Å². The van der Waals surface area contributed by atoms with Gasteiger partial charge in [0.05, 0.1) is 18.2 Å². The number of nitrogens with zero attached hydrogens (tertiary/aromatic N) is 2. The normalized spacial score (nSPS) is 15.9. The molecule has 0 fully saturated rings. The van der Waals surface area contributed by atoms with Gasteiger partial charge >= 0.3 is 0 Å². The molecule has 0 aliphatic rings. The number of rotatable bonds is 27. The molecule has 0 aliphatic heterocycles. The summed E-state index contributed by atoms with van der Waals surface area (Å²) in [5, 5.41) is 35.2. The fourth-order valence-corrected chi connectivity index (χ4v) is 4.90. The second-order valence-corrected chi connectivity index (χ2v) is 13.8. The van der Waals surface area contributed by atoms with Crippen molar-refractivity contribution in [1.29, 1.82) is 0 Å². The van der Waals surface area contributed by atoms with Crippen molar-refractivity contribution >= 4 is 53.2 Å². The van der Waals surface area contributed by atoms with Crippen LogP contribution in [0.3, 0.4) is 0 Å². The van der Waals surface area contributed by atoms with E-state index >= 15 is 0 Å². The van der Waals surface area contributed by atoms with Gasteiger partial charge in [0.15, 0.2) is 5.96 Å². The van der Waals surface area contributed by atoms with Gasteiger partial charge in [-0.05, 0) is 86.9 Å². The Morgan fingerprint density at radius 2 is 1.02 bits per heavy atom. The summed E-state index contributed by atoms with van der Waals surface area (Å²) < 4.78 is 0. The van der Waals surface area contributed by atoms with Gasteiger partial charge in [0, 0.05) is 13.0 Å². The summed E-state index contributed by atoms with van der Waals surface area (Å²) in [4.78, 5) is 108. The molecule has 0 aromatic carbocycles. The van der Waals surface area contributed by atoms with Gasteiger partial charge in [-0.3, -0.25) is 43.3 Å². The summed E-state index contributed by atoms with van der Waals surface area (Å²) >= 11 is 0. The molecule has 18 N–H and O–H groups in total. The molecule has 23 nitrogen and oxygen atoms in total. The largest absolute Gasteiger partial charge is 0.391 e. The molecule has 0 aliphatic carbocycles. The monoisotopic (exact) mass is 801 g/mol. The van der Waals surface area contributed by atoms with Gasteiger partial charge in [-0.15, -0.1) is 0 Å². The Balaban J connectivity index is 6.40. The van der Waals surface area contributed by atoms with Crippen molar-refractivity contribution in [2.45, 2.75) is 127 Å². The van der Waals surface area contributed by atoms with E-state index < -0.39 is 108 Å². The van der Waals surface area contributed by atoms with E-state index in [9.17, 15) is 48.6 Å². The molecule has 9 atom stereocenters. The first kappa shape index (κ1) is 50.9. The lowest BCUT2D eigenvalue weighted by molar-refractivity contribution is -0.137. The van der Waals surface area contributed by atoms with E-state index in [2.05, 4.69) is 36.9 Å². The lowest BCUT2D eigenvalue weighted by Crippen LogP contribution is -2.62. The van der Waals surface area contributed by atoms with Crippen LogP contribution < -0.4 is 60.6 Å². The first-order chi connectivity index (χ1) is 26.0. The molecule has 0 saturated carbocycles. The Labute approximate surface area is 326 Å². The number of nitrogens with two attached hydrogens (primary N) is 5. The number of amides is 8. The van der Waals surface area contributed by atoms with E-state index in [4.69, 9.17) is 28.7 Å². The van der Waals surface area contributed by atoms with Crippen LogP contribution in [-0.4, -0.2) is 150 Å². The predicted molar refractivity (Wildman–Crippen MR) is 204 cm³/mol. The topological polar surface area (TPSA) is 395 Å². The van der Waals surface area contributed by atoms with E-state index in [1.54, 1.807) is 0 Å². The van der Waals surface area contributed by atoms with Crippen molar-refractivity contribution in [3.8, 4) is 0 Å². The summed E-state index contributed by atoms with van der Waals surface area (Å²) in [5.41, 5.74) is 26.8. The van der Waals surface area contributed by atoms with Crippen molar-refractivity contribution in [3.05, 3.63) is 0 Å². The third-order valence-electron chi connectivity index (χ3n) is 8.20. The maximum atomic E-state index is 13.8. The standard InChI is InChI=1S/C33H63N13O10/c1-16(34)27(51)41-21(11-9-14-39-33(37)38)29(53)45-25(19(4)48)32(56)43-20(10-7-8-15-46(5)6)28(52)42-22(12-13-23(35)49)30(54)44-24(18(3)47)31(55)40-17(2)26(36)50/h16-22,24-25,47-48H,7-15,34H2,1-6H3,(H2,35,49)(H2,36,50)(H,40,55)(H,41,51)(H,42,52)(H,43,56)(H,44,54)(H,45,53)(H4,37,38,39)/t16-,17-,18+,19+,20-,21-,22-,24-,25-/m0/s1. The molecule has 0 rings (SSSR count). The summed E-state index contributed by atoms with van der Waals surface area (Å²) in [7, 11) is 3.67. The maximum absolute atomic E-state index is 13.8. The van der Waals surface area contributed by atoms with Gasteiger partial charge in [-0.2, -0.15) is 0 Å². The third-order valence-corrected chi connectivity index (χ3v) is 8.20. The van der Waals surface area contributed by atoms with E-state index in [1.165, 1.54) is 27.7 Å². The minimum Gasteiger partial charge on any atom is -0.391 e. The molecule has 23 heteroatoms. The van der Waals surface area contributed by atoms with Gasteiger partial charge in [-0.25, -0.2) is 0 Å². The second kappa shape index (κ2) is 25.9. The van der Waals surface area contributed by atoms with Gasteiger partial charge < -0.3 is 75.7 Å². The van der Waals surface area contributed by atoms with Crippen LogP contribution in [0.15, 0.2) is 4.99 Å². The zero-order chi connectivity index (χ0) is 43.3. The number of unbranched alkanes of at least 4 members (excludes halogenated alkanes) is 1. The molecule has 320 valence electrons. The molecule has 56 heavy (non-hydrogen) atoms. The van der Waals surface area contributed by atoms with Crippen LogP contribution in [0.4, 0.5) is 0 Å². The molecular formula is C33H63N13O10. The lowest BCUT2D eigenvalue weighted by atomic mass is 10.0. The van der Waals surface area contributed by atoms with Gasteiger partial charge in [-0.1, -0.05) is 0 Å². The number of aliphatic hydroxyl groups is 2. The van der Waals surface area contributed by atoms with Crippen LogP contribution >= 0.6 is 0 Å². The summed E-state index contributed by atoms with van der Waals surface area (Å²) in [5.74, 6) is -7.31. The van der Waals surface area contributed by atoms with Crippen LogP contribution in [0.1, 0.15) is 72.6 Å². The quantitative estimate of drug-likeness (QED) is 0.0209. The van der Waals surface area contributed by atoms with Crippen molar-refractivity contribution < 1.29 is 48.6 Å². The molecule has 0 aromatic heterocycles. The lowest BCUT2D eigenvalue weighted by Gasteiger charge is -2.28. The molecule has 8 amide bonds. The summed E-state index contributed by atoms with van der Waals surface area (Å²) in [6.45, 7) is 5.82. The van der Waals surface area contributed by atoms with Crippen LogP contribution in [0.2, 0.25) is 0 Å². The van der Waals surface area contributed by atoms with Crippen molar-refractivity contribution in [1.82, 2.24) is 36.8 Å². The first-order valence-corrected chi connectivity index (χ1v) is 18.2. The highest BCUT2D eigenvalue weighted by atomic mass is 16.3. The van der Waals surface area contributed by atoms with E-state index in [0.717, 1.165) is 0 Å². The predicted octanol–water partition coefficient (Wildman–Crippen LogP) is -6.44. The number of aliphatic imine (C=N–C) groups is 1. The highest BCUT2D eigenvalue weighted by Gasteiger charge is 2.35. The average Bonchev–Trinajstić information content (AvgIpc) is 3.08. The van der Waals surface area contributed by atoms with Gasteiger partial charge in [0.2, 0.25) is 47.3 Å². The third kappa shape index (κ3) is 20.5. The van der Waals surface area contributed by atoms with Crippen LogP contribution in [0.5, 0.6) is 0 Å². The minimum absolute atomic E-state index is 0.0115. The molecule has 0 saturated heterocycles. The second-order valence-electron chi connectivity index (χ2n) is 13.8. The Morgan fingerprint density at radius 3 is 1.45 bits per heavy atom. The first-order valence-electron chi connectivity index (χ1n) is 18.2. The SMILES string of the molecule is C[C@H](N)C(=O)N[C@@H](CCCN=C(N)N)C(=O)N[C@H](C(=O)N[C@@H](CCCCN(C)C)C(=O)N[C@@H](CCC(N)=O)C(=O)N[C@H](C(=O)N[C@@H](C)C(N)=O)[C@@H](C)O)[C@@H](C)O. The number of hydrogen-bond acceptors (Lipinski definition) is 13.